The molecule has 1 aliphatic rings. The molecule has 132 valence electrons. The number of hydrogen-bond donors (Lipinski definition) is 1. The minimum absolute atomic E-state index is 0.319. The highest BCUT2D eigenvalue weighted by atomic mass is 19.3. The van der Waals surface area contributed by atoms with Crippen LogP contribution in [-0.2, 0) is 5.41 Å². The van der Waals surface area contributed by atoms with E-state index in [1.807, 2.05) is 0 Å². The number of nitriles is 1. The van der Waals surface area contributed by atoms with Gasteiger partial charge in [0.05, 0.1) is 17.1 Å². The van der Waals surface area contributed by atoms with Crippen LogP contribution in [-0.4, -0.2) is 23.9 Å². The summed E-state index contributed by atoms with van der Waals surface area (Å²) in [6.07, 6.45) is 1.36. The van der Waals surface area contributed by atoms with Crippen molar-refractivity contribution in [1.29, 1.82) is 5.26 Å². The Balaban J connectivity index is 2.37. The van der Waals surface area contributed by atoms with Crippen molar-refractivity contribution in [2.75, 3.05) is 0 Å². The zero-order chi connectivity index (χ0) is 18.0. The first-order valence-corrected chi connectivity index (χ1v) is 7.35. The summed E-state index contributed by atoms with van der Waals surface area (Å²) in [5, 5.41) is 19.6. The third-order valence-electron chi connectivity index (χ3n) is 4.32. The van der Waals surface area contributed by atoms with Crippen LogP contribution in [0.3, 0.4) is 0 Å². The maximum Gasteiger partial charge on any atom is 0.387 e. The first-order valence-electron chi connectivity index (χ1n) is 7.35. The summed E-state index contributed by atoms with van der Waals surface area (Å²) in [5.74, 6) is -1.07. The molecule has 4 nitrogen and oxygen atoms in total. The molecule has 0 spiro atoms. The molecule has 1 N–H and O–H groups in total. The maximum absolute atomic E-state index is 12.5. The highest BCUT2D eigenvalue weighted by Crippen LogP contribution is 2.45. The Morgan fingerprint density at radius 3 is 2.08 bits per heavy atom. The zero-order valence-corrected chi connectivity index (χ0v) is 12.9. The molecule has 0 unspecified atom stereocenters. The number of rotatable bonds is 5. The Hall–Kier alpha value is -2.01. The zero-order valence-electron chi connectivity index (χ0n) is 12.9. The number of nitrogens with zero attached hydrogens (tertiary/aromatic N) is 1. The summed E-state index contributed by atoms with van der Waals surface area (Å²) < 4.78 is 58.2. The molecule has 0 radical (unpaired) electrons. The van der Waals surface area contributed by atoms with Gasteiger partial charge >= 0.3 is 13.2 Å². The van der Waals surface area contributed by atoms with Gasteiger partial charge in [-0.05, 0) is 50.3 Å². The fourth-order valence-corrected chi connectivity index (χ4v) is 2.87. The average Bonchev–Trinajstić information content (AvgIpc) is 2.49. The van der Waals surface area contributed by atoms with Crippen LogP contribution in [0.15, 0.2) is 18.2 Å². The van der Waals surface area contributed by atoms with Crippen LogP contribution in [0.1, 0.15) is 38.2 Å². The quantitative estimate of drug-likeness (QED) is 0.819. The van der Waals surface area contributed by atoms with E-state index >= 15 is 0 Å². The van der Waals surface area contributed by atoms with Crippen LogP contribution in [0.25, 0.3) is 0 Å². The Kier molecular flexibility index (Phi) is 5.23. The molecule has 1 saturated carbocycles. The number of ether oxygens (including phenoxy) is 2. The van der Waals surface area contributed by atoms with Crippen LogP contribution in [0.5, 0.6) is 11.5 Å². The number of halogens is 4. The fourth-order valence-electron chi connectivity index (χ4n) is 2.87. The predicted molar refractivity (Wildman–Crippen MR) is 76.1 cm³/mol. The molecule has 0 aliphatic heterocycles. The second-order valence-corrected chi connectivity index (χ2v) is 6.11. The van der Waals surface area contributed by atoms with Crippen molar-refractivity contribution in [3.63, 3.8) is 0 Å². The minimum Gasteiger partial charge on any atom is -0.431 e. The topological polar surface area (TPSA) is 62.5 Å². The number of aliphatic hydroxyl groups is 1. The summed E-state index contributed by atoms with van der Waals surface area (Å²) in [6.45, 7) is -4.74. The van der Waals surface area contributed by atoms with E-state index in [1.54, 1.807) is 6.92 Å². The van der Waals surface area contributed by atoms with Gasteiger partial charge in [0.2, 0.25) is 0 Å². The summed E-state index contributed by atoms with van der Waals surface area (Å²) in [5.41, 5.74) is -1.51. The first kappa shape index (κ1) is 18.3. The second kappa shape index (κ2) is 6.85. The standard InChI is InChI=1S/C16H17F4NO3/c1-15(22)4-6-16(9-21,7-5-15)10-2-3-11(23-13(17)18)12(8-10)24-14(19)20/h2-3,8,13-14,22H,4-7H2,1H3/t15-,16+. The molecule has 2 rings (SSSR count). The highest BCUT2D eigenvalue weighted by Gasteiger charge is 2.41. The normalized spacial score (nSPS) is 27.1. The SMILES string of the molecule is C[C@]1(O)CC[C@@](C#N)(c2ccc(OC(F)F)c(OC(F)F)c2)CC1. The van der Waals surface area contributed by atoms with Crippen molar-refractivity contribution in [1.82, 2.24) is 0 Å². The summed E-state index contributed by atoms with van der Waals surface area (Å²) in [6, 6.07) is 5.78. The molecule has 0 heterocycles. The van der Waals surface area contributed by atoms with Gasteiger partial charge in [0, 0.05) is 0 Å². The lowest BCUT2D eigenvalue weighted by Gasteiger charge is -2.38. The summed E-state index contributed by atoms with van der Waals surface area (Å²) in [7, 11) is 0. The van der Waals surface area contributed by atoms with E-state index in [0.717, 1.165) is 12.1 Å². The highest BCUT2D eigenvalue weighted by molar-refractivity contribution is 5.47. The molecule has 0 amide bonds. The van der Waals surface area contributed by atoms with Crippen LogP contribution in [0, 0.1) is 11.3 Å². The first-order chi connectivity index (χ1) is 11.2. The molecule has 0 aromatic heterocycles. The average molecular weight is 347 g/mol. The molecular weight excluding hydrogens is 330 g/mol. The van der Waals surface area contributed by atoms with Gasteiger partial charge in [-0.1, -0.05) is 6.07 Å². The minimum atomic E-state index is -3.22. The van der Waals surface area contributed by atoms with Crippen molar-refractivity contribution < 1.29 is 32.1 Å². The molecule has 8 heteroatoms. The van der Waals surface area contributed by atoms with Crippen molar-refractivity contribution in [3.05, 3.63) is 23.8 Å². The molecule has 24 heavy (non-hydrogen) atoms. The van der Waals surface area contributed by atoms with Gasteiger partial charge in [0.1, 0.15) is 0 Å². The predicted octanol–water partition coefficient (Wildman–Crippen LogP) is 3.98. The van der Waals surface area contributed by atoms with Gasteiger partial charge < -0.3 is 14.6 Å². The molecule has 0 saturated heterocycles. The van der Waals surface area contributed by atoms with E-state index in [4.69, 9.17) is 0 Å². The summed E-state index contributed by atoms with van der Waals surface area (Å²) in [4.78, 5) is 0. The molecule has 1 aromatic carbocycles. The van der Waals surface area contributed by atoms with Crippen molar-refractivity contribution in [3.8, 4) is 17.6 Å². The Morgan fingerprint density at radius 2 is 1.58 bits per heavy atom. The Bertz CT molecular complexity index is 618. The smallest absolute Gasteiger partial charge is 0.387 e. The van der Waals surface area contributed by atoms with Crippen LogP contribution < -0.4 is 9.47 Å². The molecule has 0 atom stereocenters. The number of benzene rings is 1. The lowest BCUT2D eigenvalue weighted by Crippen LogP contribution is -2.38. The van der Waals surface area contributed by atoms with Crippen LogP contribution >= 0.6 is 0 Å². The molecular formula is C16H17F4NO3. The Labute approximate surface area is 136 Å². The van der Waals surface area contributed by atoms with E-state index in [-0.39, 0.29) is 0 Å². The van der Waals surface area contributed by atoms with Gasteiger partial charge in [0.25, 0.3) is 0 Å². The molecule has 0 bridgehead atoms. The summed E-state index contributed by atoms with van der Waals surface area (Å²) >= 11 is 0. The third-order valence-corrected chi connectivity index (χ3v) is 4.32. The van der Waals surface area contributed by atoms with Crippen LogP contribution in [0.2, 0.25) is 0 Å². The lowest BCUT2D eigenvalue weighted by atomic mass is 9.66. The van der Waals surface area contributed by atoms with Gasteiger partial charge in [-0.25, -0.2) is 0 Å². The largest absolute Gasteiger partial charge is 0.431 e. The Morgan fingerprint density at radius 1 is 1.04 bits per heavy atom. The second-order valence-electron chi connectivity index (χ2n) is 6.11. The molecule has 1 aromatic rings. The van der Waals surface area contributed by atoms with E-state index in [2.05, 4.69) is 15.5 Å². The van der Waals surface area contributed by atoms with E-state index in [9.17, 15) is 27.9 Å². The number of hydrogen-bond acceptors (Lipinski definition) is 4. The maximum atomic E-state index is 12.5. The van der Waals surface area contributed by atoms with Crippen molar-refractivity contribution in [2.45, 2.75) is 56.8 Å². The van der Waals surface area contributed by atoms with Crippen molar-refractivity contribution >= 4 is 0 Å². The van der Waals surface area contributed by atoms with Gasteiger partial charge in [-0.15, -0.1) is 0 Å². The monoisotopic (exact) mass is 347 g/mol. The lowest BCUT2D eigenvalue weighted by molar-refractivity contribution is -0.0693. The van der Waals surface area contributed by atoms with Crippen LogP contribution in [0.4, 0.5) is 17.6 Å². The van der Waals surface area contributed by atoms with Gasteiger partial charge in [-0.2, -0.15) is 22.8 Å². The van der Waals surface area contributed by atoms with E-state index < -0.39 is 35.7 Å². The van der Waals surface area contributed by atoms with E-state index in [0.29, 0.717) is 31.2 Å². The van der Waals surface area contributed by atoms with Gasteiger partial charge in [-0.3, -0.25) is 0 Å². The number of alkyl halides is 4. The van der Waals surface area contributed by atoms with Crippen molar-refractivity contribution in [2.24, 2.45) is 0 Å². The third kappa shape index (κ3) is 4.09. The fraction of sp³-hybridized carbons (Fsp3) is 0.562. The van der Waals surface area contributed by atoms with E-state index in [1.165, 1.54) is 6.07 Å². The van der Waals surface area contributed by atoms with Gasteiger partial charge in [0.15, 0.2) is 11.5 Å². The molecule has 1 aliphatic carbocycles. The molecule has 1 fully saturated rings.